The van der Waals surface area contributed by atoms with E-state index in [4.69, 9.17) is 24.3 Å². The molecule has 8 aliphatic rings. The van der Waals surface area contributed by atoms with Crippen LogP contribution in [0.15, 0.2) is 24.3 Å². The molecule has 248 valence electrons. The van der Waals surface area contributed by atoms with Crippen LogP contribution in [-0.4, -0.2) is 65.1 Å². The van der Waals surface area contributed by atoms with Crippen molar-refractivity contribution in [2.75, 3.05) is 26.2 Å². The molecule has 3 saturated heterocycles. The molecule has 1 aromatic rings. The van der Waals surface area contributed by atoms with Crippen LogP contribution in [0.5, 0.6) is 5.75 Å². The van der Waals surface area contributed by atoms with Gasteiger partial charge in [-0.1, -0.05) is 25.0 Å². The van der Waals surface area contributed by atoms with E-state index in [9.17, 15) is 4.79 Å². The molecule has 9 rings (SSSR count). The Bertz CT molecular complexity index is 1150. The Kier molecular flexibility index (Phi) is 8.21. The summed E-state index contributed by atoms with van der Waals surface area (Å²) in [7, 11) is 0. The second-order valence-electron chi connectivity index (χ2n) is 16.2. The van der Waals surface area contributed by atoms with Gasteiger partial charge in [0.05, 0.1) is 0 Å². The van der Waals surface area contributed by atoms with Gasteiger partial charge in [-0.2, -0.15) is 19.6 Å². The number of carbonyl (C=O) groups excluding carboxylic acids is 1. The van der Waals surface area contributed by atoms with Crippen molar-refractivity contribution in [1.82, 2.24) is 9.80 Å². The van der Waals surface area contributed by atoms with E-state index in [1.807, 2.05) is 30.9 Å². The summed E-state index contributed by atoms with van der Waals surface area (Å²) in [5.41, 5.74) is 0.380. The fraction of sp³-hybridized carbons (Fsp3) is 0.811. The van der Waals surface area contributed by atoms with E-state index < -0.39 is 17.2 Å². The fourth-order valence-electron chi connectivity index (χ4n) is 10.4. The number of rotatable bonds is 5. The van der Waals surface area contributed by atoms with Crippen molar-refractivity contribution in [3.8, 4) is 5.75 Å². The molecule has 2 spiro atoms. The SMILES string of the molecule is CC(C)(Oc1ccc(C2CCC3(CC2)OOC2(OO3)C3CC4CC(C3)CC2C4)cc1)C(=O)N1CCC(N2CCCCCC2)CC1. The van der Waals surface area contributed by atoms with E-state index in [1.54, 1.807) is 0 Å². The minimum atomic E-state index is -0.904. The molecule has 1 amide bonds. The summed E-state index contributed by atoms with van der Waals surface area (Å²) >= 11 is 0. The van der Waals surface area contributed by atoms with Crippen LogP contribution in [0.1, 0.15) is 122 Å². The number of carbonyl (C=O) groups is 1. The van der Waals surface area contributed by atoms with Crippen molar-refractivity contribution < 1.29 is 29.1 Å². The Labute approximate surface area is 269 Å². The first-order chi connectivity index (χ1) is 21.8. The summed E-state index contributed by atoms with van der Waals surface area (Å²) in [5, 5.41) is 0. The van der Waals surface area contributed by atoms with Gasteiger partial charge in [-0.05, 0) is 133 Å². The second-order valence-corrected chi connectivity index (χ2v) is 16.2. The summed E-state index contributed by atoms with van der Waals surface area (Å²) in [6.45, 7) is 7.90. The van der Waals surface area contributed by atoms with Gasteiger partial charge in [0.15, 0.2) is 5.60 Å². The van der Waals surface area contributed by atoms with Gasteiger partial charge in [-0.15, -0.1) is 0 Å². The fourth-order valence-corrected chi connectivity index (χ4v) is 10.4. The predicted molar refractivity (Wildman–Crippen MR) is 169 cm³/mol. The van der Waals surface area contributed by atoms with Crippen LogP contribution in [-0.2, 0) is 24.3 Å². The van der Waals surface area contributed by atoms with E-state index in [2.05, 4.69) is 17.0 Å². The Hall–Kier alpha value is -1.71. The highest BCUT2D eigenvalue weighted by Gasteiger charge is 2.64. The van der Waals surface area contributed by atoms with Crippen LogP contribution in [0.25, 0.3) is 0 Å². The van der Waals surface area contributed by atoms with E-state index in [1.165, 1.54) is 76.4 Å². The molecule has 0 N–H and O–H groups in total. The number of hydrogen-bond acceptors (Lipinski definition) is 7. The van der Waals surface area contributed by atoms with E-state index in [-0.39, 0.29) is 5.91 Å². The molecular weight excluding hydrogens is 568 g/mol. The molecular formula is C37H54N2O6. The number of piperidine rings is 1. The number of nitrogens with zero attached hydrogens (tertiary/aromatic N) is 2. The van der Waals surface area contributed by atoms with Crippen LogP contribution in [0.4, 0.5) is 0 Å². The summed E-state index contributed by atoms with van der Waals surface area (Å²) in [6.07, 6.45) is 16.9. The van der Waals surface area contributed by atoms with Crippen LogP contribution < -0.4 is 4.74 Å². The molecule has 5 saturated carbocycles. The minimum absolute atomic E-state index is 0.0887. The van der Waals surface area contributed by atoms with Gasteiger partial charge in [0.1, 0.15) is 5.75 Å². The number of amides is 1. The molecule has 0 radical (unpaired) electrons. The summed E-state index contributed by atoms with van der Waals surface area (Å²) < 4.78 is 6.33. The lowest BCUT2D eigenvalue weighted by Gasteiger charge is -2.60. The molecule has 5 aliphatic carbocycles. The molecule has 0 unspecified atom stereocenters. The number of benzene rings is 1. The molecule has 3 aliphatic heterocycles. The lowest BCUT2D eigenvalue weighted by atomic mass is 9.53. The third kappa shape index (κ3) is 5.85. The first-order valence-corrected chi connectivity index (χ1v) is 18.4. The molecule has 45 heavy (non-hydrogen) atoms. The molecule has 0 aromatic heterocycles. The van der Waals surface area contributed by atoms with Gasteiger partial charge < -0.3 is 14.5 Å². The number of likely N-dealkylation sites (tertiary alicyclic amines) is 2. The lowest BCUT2D eigenvalue weighted by Crippen LogP contribution is -2.64. The van der Waals surface area contributed by atoms with E-state index >= 15 is 0 Å². The first kappa shape index (κ1) is 30.6. The zero-order valence-corrected chi connectivity index (χ0v) is 27.6. The topological polar surface area (TPSA) is 69.7 Å². The van der Waals surface area contributed by atoms with Gasteiger partial charge in [0.2, 0.25) is 11.6 Å². The van der Waals surface area contributed by atoms with Crippen LogP contribution in [0.2, 0.25) is 0 Å². The maximum atomic E-state index is 13.5. The third-order valence-corrected chi connectivity index (χ3v) is 12.8. The highest BCUT2D eigenvalue weighted by atomic mass is 17.4. The maximum absolute atomic E-state index is 13.5. The first-order valence-electron chi connectivity index (χ1n) is 18.4. The van der Waals surface area contributed by atoms with Crippen molar-refractivity contribution in [3.63, 3.8) is 0 Å². The van der Waals surface area contributed by atoms with Crippen LogP contribution >= 0.6 is 0 Å². The highest BCUT2D eigenvalue weighted by Crippen LogP contribution is 2.62. The van der Waals surface area contributed by atoms with Crippen molar-refractivity contribution >= 4 is 5.91 Å². The summed E-state index contributed by atoms with van der Waals surface area (Å²) in [5.74, 6) is 2.20. The summed E-state index contributed by atoms with van der Waals surface area (Å²) in [4.78, 5) is 43.0. The number of ether oxygens (including phenoxy) is 1. The Morgan fingerprint density at radius 3 is 1.91 bits per heavy atom. The van der Waals surface area contributed by atoms with Crippen molar-refractivity contribution in [3.05, 3.63) is 29.8 Å². The zero-order valence-electron chi connectivity index (χ0n) is 27.6. The number of hydrogen-bond donors (Lipinski definition) is 0. The molecule has 4 bridgehead atoms. The van der Waals surface area contributed by atoms with Crippen molar-refractivity contribution in [2.45, 2.75) is 139 Å². The van der Waals surface area contributed by atoms with Gasteiger partial charge in [-0.3, -0.25) is 4.79 Å². The maximum Gasteiger partial charge on any atom is 0.266 e. The van der Waals surface area contributed by atoms with E-state index in [0.717, 1.165) is 69.2 Å². The zero-order chi connectivity index (χ0) is 30.6. The molecule has 8 heteroatoms. The molecule has 0 atom stereocenters. The Balaban J connectivity index is 0.815. The smallest absolute Gasteiger partial charge is 0.266 e. The van der Waals surface area contributed by atoms with Crippen molar-refractivity contribution in [1.29, 1.82) is 0 Å². The third-order valence-electron chi connectivity index (χ3n) is 12.8. The highest BCUT2D eigenvalue weighted by molar-refractivity contribution is 5.85. The molecule has 1 aromatic carbocycles. The van der Waals surface area contributed by atoms with Gasteiger partial charge in [0, 0.05) is 43.8 Å². The van der Waals surface area contributed by atoms with E-state index in [0.29, 0.717) is 23.8 Å². The standard InChI is InChI=1S/C37H54N2O6/c1-35(2,34(40)39-19-13-32(14-20-39)38-17-5-3-4-6-18-38)41-33-9-7-28(8-10-33)29-11-15-36(16-12-29)42-44-37(45-43-36)30-22-26-21-27(24-30)25-31(37)23-26/h7-10,26-27,29-32H,3-6,11-25H2,1-2H3. The monoisotopic (exact) mass is 622 g/mol. The normalized spacial score (nSPS) is 39.3. The predicted octanol–water partition coefficient (Wildman–Crippen LogP) is 7.13. The molecule has 8 nitrogen and oxygen atoms in total. The Morgan fingerprint density at radius 2 is 1.33 bits per heavy atom. The average Bonchev–Trinajstić information content (AvgIpc) is 3.35. The molecule has 3 heterocycles. The van der Waals surface area contributed by atoms with Gasteiger partial charge in [0.25, 0.3) is 5.91 Å². The molecule has 8 fully saturated rings. The lowest BCUT2D eigenvalue weighted by molar-refractivity contribution is -0.680. The summed E-state index contributed by atoms with van der Waals surface area (Å²) in [6, 6.07) is 8.98. The second kappa shape index (κ2) is 12.1. The minimum Gasteiger partial charge on any atom is -0.478 e. The quantitative estimate of drug-likeness (QED) is 0.324. The largest absolute Gasteiger partial charge is 0.478 e. The van der Waals surface area contributed by atoms with Crippen LogP contribution in [0, 0.1) is 23.7 Å². The van der Waals surface area contributed by atoms with Crippen molar-refractivity contribution in [2.24, 2.45) is 23.7 Å². The van der Waals surface area contributed by atoms with Crippen LogP contribution in [0.3, 0.4) is 0 Å². The van der Waals surface area contributed by atoms with Gasteiger partial charge >= 0.3 is 0 Å². The Morgan fingerprint density at radius 1 is 0.756 bits per heavy atom. The van der Waals surface area contributed by atoms with Gasteiger partial charge in [-0.25, -0.2) is 0 Å². The average molecular weight is 623 g/mol.